The van der Waals surface area contributed by atoms with E-state index in [1.54, 1.807) is 0 Å². The molecule has 4 heteroatoms. The number of anilines is 1. The zero-order chi connectivity index (χ0) is 13.9. The monoisotopic (exact) mass is 275 g/mol. The molecule has 0 amide bonds. The van der Waals surface area contributed by atoms with Gasteiger partial charge in [-0.05, 0) is 31.6 Å². The minimum atomic E-state index is 0.554. The Kier molecular flexibility index (Phi) is 4.20. The summed E-state index contributed by atoms with van der Waals surface area (Å²) in [5, 5.41) is 3.22. The zero-order valence-electron chi connectivity index (χ0n) is 12.6. The highest BCUT2D eigenvalue weighted by molar-refractivity contribution is 5.47. The van der Waals surface area contributed by atoms with Crippen molar-refractivity contribution >= 4 is 5.82 Å². The molecular formula is C16H25N3O. The number of hydrogen-bond donors (Lipinski definition) is 1. The standard InChI is InChI=1S/C16H25N3O/c1-3-11-4-6-12(7-5-11)15-18-14-8-9-20-10-13(14)16(17-2)19-15/h11-12H,3-10H2,1-2H3,(H,17,18,19). The van der Waals surface area contributed by atoms with E-state index < -0.39 is 0 Å². The van der Waals surface area contributed by atoms with Crippen molar-refractivity contribution in [3.05, 3.63) is 17.1 Å². The second kappa shape index (κ2) is 6.08. The molecule has 0 aromatic carbocycles. The molecule has 0 bridgehead atoms. The first-order valence-corrected chi connectivity index (χ1v) is 7.97. The second-order valence-corrected chi connectivity index (χ2v) is 6.03. The minimum Gasteiger partial charge on any atom is -0.376 e. The number of nitrogens with zero attached hydrogens (tertiary/aromatic N) is 2. The molecule has 0 atom stereocenters. The van der Waals surface area contributed by atoms with Gasteiger partial charge in [-0.3, -0.25) is 0 Å². The lowest BCUT2D eigenvalue weighted by atomic mass is 9.80. The maximum absolute atomic E-state index is 5.53. The molecule has 1 N–H and O–H groups in total. The summed E-state index contributed by atoms with van der Waals surface area (Å²) in [5.74, 6) is 3.51. The first-order valence-electron chi connectivity index (χ1n) is 7.97. The van der Waals surface area contributed by atoms with Gasteiger partial charge in [-0.15, -0.1) is 0 Å². The normalized spacial score (nSPS) is 26.1. The summed E-state index contributed by atoms with van der Waals surface area (Å²) < 4.78 is 5.53. The average Bonchev–Trinajstić information content (AvgIpc) is 2.54. The Morgan fingerprint density at radius 2 is 2.00 bits per heavy atom. The van der Waals surface area contributed by atoms with E-state index in [9.17, 15) is 0 Å². The fraction of sp³-hybridized carbons (Fsp3) is 0.750. The van der Waals surface area contributed by atoms with Gasteiger partial charge in [0.05, 0.1) is 18.9 Å². The zero-order valence-corrected chi connectivity index (χ0v) is 12.6. The van der Waals surface area contributed by atoms with E-state index in [4.69, 9.17) is 14.7 Å². The Balaban J connectivity index is 1.83. The van der Waals surface area contributed by atoms with Crippen LogP contribution < -0.4 is 5.32 Å². The van der Waals surface area contributed by atoms with E-state index in [0.717, 1.165) is 36.2 Å². The largest absolute Gasteiger partial charge is 0.376 e. The molecule has 110 valence electrons. The fourth-order valence-electron chi connectivity index (χ4n) is 3.47. The number of rotatable bonds is 3. The summed E-state index contributed by atoms with van der Waals surface area (Å²) in [6.45, 7) is 3.74. The van der Waals surface area contributed by atoms with Gasteiger partial charge >= 0.3 is 0 Å². The molecule has 0 saturated heterocycles. The van der Waals surface area contributed by atoms with Crippen molar-refractivity contribution in [2.45, 2.75) is 58.0 Å². The van der Waals surface area contributed by atoms with Crippen LogP contribution in [0.2, 0.25) is 0 Å². The lowest BCUT2D eigenvalue weighted by Gasteiger charge is -2.28. The molecule has 1 aliphatic heterocycles. The van der Waals surface area contributed by atoms with Gasteiger partial charge in [0.25, 0.3) is 0 Å². The van der Waals surface area contributed by atoms with E-state index in [0.29, 0.717) is 12.5 Å². The number of hydrogen-bond acceptors (Lipinski definition) is 4. The first-order chi connectivity index (χ1) is 9.81. The van der Waals surface area contributed by atoms with E-state index in [-0.39, 0.29) is 0 Å². The quantitative estimate of drug-likeness (QED) is 0.919. The number of nitrogens with one attached hydrogen (secondary N) is 1. The Hall–Kier alpha value is -1.16. The molecule has 2 aliphatic rings. The van der Waals surface area contributed by atoms with Crippen molar-refractivity contribution in [3.8, 4) is 0 Å². The van der Waals surface area contributed by atoms with E-state index in [1.807, 2.05) is 7.05 Å². The highest BCUT2D eigenvalue weighted by atomic mass is 16.5. The molecule has 4 nitrogen and oxygen atoms in total. The van der Waals surface area contributed by atoms with Crippen molar-refractivity contribution in [2.75, 3.05) is 19.0 Å². The van der Waals surface area contributed by atoms with Crippen LogP contribution in [0.25, 0.3) is 0 Å². The summed E-state index contributed by atoms with van der Waals surface area (Å²) >= 11 is 0. The van der Waals surface area contributed by atoms with Gasteiger partial charge in [0, 0.05) is 24.9 Å². The van der Waals surface area contributed by atoms with Crippen LogP contribution in [0.15, 0.2) is 0 Å². The molecule has 0 spiro atoms. The molecule has 20 heavy (non-hydrogen) atoms. The highest BCUT2D eigenvalue weighted by Gasteiger charge is 2.26. The Labute approximate surface area is 121 Å². The van der Waals surface area contributed by atoms with Crippen molar-refractivity contribution in [3.63, 3.8) is 0 Å². The summed E-state index contributed by atoms with van der Waals surface area (Å²) in [7, 11) is 1.94. The molecule has 1 aromatic rings. The molecule has 2 heterocycles. The number of aromatic nitrogens is 2. The van der Waals surface area contributed by atoms with Crippen LogP contribution in [0.4, 0.5) is 5.82 Å². The van der Waals surface area contributed by atoms with Crippen LogP contribution >= 0.6 is 0 Å². The van der Waals surface area contributed by atoms with Crippen LogP contribution in [-0.4, -0.2) is 23.6 Å². The molecule has 3 rings (SSSR count). The molecular weight excluding hydrogens is 250 g/mol. The summed E-state index contributed by atoms with van der Waals surface area (Å²) in [6.07, 6.45) is 7.40. The van der Waals surface area contributed by atoms with Crippen LogP contribution in [0.5, 0.6) is 0 Å². The van der Waals surface area contributed by atoms with Gasteiger partial charge < -0.3 is 10.1 Å². The summed E-state index contributed by atoms with van der Waals surface area (Å²) in [6, 6.07) is 0. The van der Waals surface area contributed by atoms with Crippen LogP contribution in [0, 0.1) is 5.92 Å². The van der Waals surface area contributed by atoms with Crippen molar-refractivity contribution < 1.29 is 4.74 Å². The first kappa shape index (κ1) is 13.8. The van der Waals surface area contributed by atoms with Gasteiger partial charge in [-0.1, -0.05) is 13.3 Å². The number of fused-ring (bicyclic) bond motifs is 1. The van der Waals surface area contributed by atoms with Crippen LogP contribution in [0.3, 0.4) is 0 Å². The Bertz CT molecular complexity index is 450. The summed E-state index contributed by atoms with van der Waals surface area (Å²) in [4.78, 5) is 9.64. The molecule has 1 fully saturated rings. The smallest absolute Gasteiger partial charge is 0.135 e. The van der Waals surface area contributed by atoms with Crippen molar-refractivity contribution in [2.24, 2.45) is 5.92 Å². The number of ether oxygens (including phenoxy) is 1. The lowest BCUT2D eigenvalue weighted by molar-refractivity contribution is 0.109. The third-order valence-corrected chi connectivity index (χ3v) is 4.87. The fourth-order valence-corrected chi connectivity index (χ4v) is 3.47. The maximum atomic E-state index is 5.53. The highest BCUT2D eigenvalue weighted by Crippen LogP contribution is 2.36. The molecule has 1 aliphatic carbocycles. The third kappa shape index (κ3) is 2.66. The van der Waals surface area contributed by atoms with E-state index in [2.05, 4.69) is 12.2 Å². The predicted octanol–water partition coefficient (Wildman–Crippen LogP) is 3.27. The van der Waals surface area contributed by atoms with E-state index in [1.165, 1.54) is 37.8 Å². The maximum Gasteiger partial charge on any atom is 0.135 e. The van der Waals surface area contributed by atoms with Gasteiger partial charge in [-0.25, -0.2) is 9.97 Å². The molecule has 1 saturated carbocycles. The molecule has 1 aromatic heterocycles. The van der Waals surface area contributed by atoms with E-state index >= 15 is 0 Å². The Morgan fingerprint density at radius 3 is 2.70 bits per heavy atom. The van der Waals surface area contributed by atoms with Crippen molar-refractivity contribution in [1.29, 1.82) is 0 Å². The van der Waals surface area contributed by atoms with Crippen LogP contribution in [0.1, 0.15) is 62.0 Å². The second-order valence-electron chi connectivity index (χ2n) is 6.03. The van der Waals surface area contributed by atoms with Gasteiger partial charge in [0.15, 0.2) is 0 Å². The third-order valence-electron chi connectivity index (χ3n) is 4.87. The molecule has 0 unspecified atom stereocenters. The Morgan fingerprint density at radius 1 is 1.20 bits per heavy atom. The SMILES string of the molecule is CCC1CCC(c2nc3c(c(NC)n2)COCC3)CC1. The van der Waals surface area contributed by atoms with Gasteiger partial charge in [-0.2, -0.15) is 0 Å². The van der Waals surface area contributed by atoms with Crippen molar-refractivity contribution in [1.82, 2.24) is 9.97 Å². The average molecular weight is 275 g/mol. The topological polar surface area (TPSA) is 47.0 Å². The predicted molar refractivity (Wildman–Crippen MR) is 79.9 cm³/mol. The summed E-state index contributed by atoms with van der Waals surface area (Å²) in [5.41, 5.74) is 2.35. The van der Waals surface area contributed by atoms with Gasteiger partial charge in [0.2, 0.25) is 0 Å². The van der Waals surface area contributed by atoms with Crippen LogP contribution in [-0.2, 0) is 17.8 Å². The lowest BCUT2D eigenvalue weighted by Crippen LogP contribution is -2.20. The minimum absolute atomic E-state index is 0.554. The molecule has 0 radical (unpaired) electrons. The van der Waals surface area contributed by atoms with Gasteiger partial charge in [0.1, 0.15) is 11.6 Å².